The zero-order valence-electron chi connectivity index (χ0n) is 37.1. The van der Waals surface area contributed by atoms with Gasteiger partial charge in [0.15, 0.2) is 0 Å². The van der Waals surface area contributed by atoms with Crippen LogP contribution in [0.25, 0.3) is 0 Å². The van der Waals surface area contributed by atoms with Crippen LogP contribution in [-0.4, -0.2) is 118 Å². The number of aliphatic hydroxyl groups is 1. The average molecular weight is 869 g/mol. The van der Waals surface area contributed by atoms with E-state index in [1.54, 1.807) is 39.8 Å². The Bertz CT molecular complexity index is 1780. The van der Waals surface area contributed by atoms with Crippen molar-refractivity contribution in [1.29, 1.82) is 0 Å². The first kappa shape index (κ1) is 52.5. The lowest BCUT2D eigenvalue weighted by atomic mass is 9.95. The number of phenols is 1. The molecule has 0 saturated carbocycles. The number of carbonyl (C=O) groups excluding carboxylic acids is 6. The molecule has 0 fully saturated rings. The Morgan fingerprint density at radius 1 is 0.629 bits per heavy atom. The minimum Gasteiger partial charge on any atom is -0.508 e. The summed E-state index contributed by atoms with van der Waals surface area (Å²) < 4.78 is 0. The van der Waals surface area contributed by atoms with Crippen molar-refractivity contribution in [3.05, 3.63) is 65.7 Å². The molecule has 18 nitrogen and oxygen atoms in total. The van der Waals surface area contributed by atoms with Crippen molar-refractivity contribution < 1.29 is 48.9 Å². The van der Waals surface area contributed by atoms with Gasteiger partial charge in [-0.3, -0.25) is 33.6 Å². The van der Waals surface area contributed by atoms with E-state index in [9.17, 15) is 48.9 Å². The molecule has 6 amide bonds. The monoisotopic (exact) mass is 869 g/mol. The number of amides is 6. The van der Waals surface area contributed by atoms with E-state index in [4.69, 9.17) is 5.73 Å². The molecule has 0 spiro atoms. The van der Waals surface area contributed by atoms with Gasteiger partial charge in [0.05, 0.1) is 24.7 Å². The number of carboxylic acid groups (broad SMARTS) is 1. The van der Waals surface area contributed by atoms with Crippen molar-refractivity contribution in [2.24, 2.45) is 23.5 Å². The van der Waals surface area contributed by atoms with E-state index in [0.717, 1.165) is 5.56 Å². The highest BCUT2D eigenvalue weighted by Gasteiger charge is 2.34. The standard InChI is InChI=1S/C44H68N8O10/c1-9-25(5)35(45)40(57)52-38(28(8)53)41(58)47-23-34(55)49-31(20-29-14-12-11-13-15-29)22-46-33(21-30-16-18-32(54)19-17-30)39(56)51-37(26(6)10-2)43(60)50-36(24(3)4)42(59)48-27(7)44(61)62/h11-19,24-28,31,33,35-38,46,53-54H,9-10,20-23,45H2,1-8H3,(H,47,58)(H,48,59)(H,49,55)(H,50,60)(H,51,56)(H,52,57)(H,61,62)/t25-,26-,27+,28+,31+,33+,35+,36+,37+,38+/m1/s1. The first-order chi connectivity index (χ1) is 29.2. The molecule has 0 aliphatic heterocycles. The minimum absolute atomic E-state index is 0.0206. The van der Waals surface area contributed by atoms with E-state index in [1.165, 1.54) is 26.0 Å². The number of aliphatic hydroxyl groups excluding tert-OH is 1. The zero-order valence-corrected chi connectivity index (χ0v) is 37.1. The molecule has 0 saturated heterocycles. The molecule has 12 N–H and O–H groups in total. The van der Waals surface area contributed by atoms with E-state index >= 15 is 0 Å². The maximum absolute atomic E-state index is 14.2. The number of benzene rings is 2. The maximum Gasteiger partial charge on any atom is 0.325 e. The molecule has 0 aliphatic rings. The SMILES string of the molecule is CC[C@@H](C)[C@H](N)C(=O)N[C@H](C(=O)NCC(=O)N[C@H](CN[C@@H](Cc1ccc(O)cc1)C(=O)N[C@H](C(=O)N[C@H](C(=O)N[C@@H](C)C(=O)O)C(C)C)[C@H](C)CC)Cc1ccccc1)[C@H](C)O. The van der Waals surface area contributed by atoms with Crippen molar-refractivity contribution in [1.82, 2.24) is 37.2 Å². The fourth-order valence-electron chi connectivity index (χ4n) is 6.30. The number of nitrogens with two attached hydrogens (primary N) is 1. The van der Waals surface area contributed by atoms with E-state index in [0.29, 0.717) is 24.8 Å². The number of rotatable bonds is 26. The topological polar surface area (TPSA) is 290 Å². The Labute approximate surface area is 364 Å². The number of aliphatic carboxylic acids is 1. The maximum atomic E-state index is 14.2. The van der Waals surface area contributed by atoms with Crippen LogP contribution in [0.3, 0.4) is 0 Å². The summed E-state index contributed by atoms with van der Waals surface area (Å²) in [5.41, 5.74) is 7.54. The summed E-state index contributed by atoms with van der Waals surface area (Å²) in [6.07, 6.45) is 0.196. The van der Waals surface area contributed by atoms with Gasteiger partial charge in [0.25, 0.3) is 0 Å². The molecule has 0 bridgehead atoms. The fourth-order valence-corrected chi connectivity index (χ4v) is 6.30. The number of aromatic hydroxyl groups is 1. The molecule has 18 heteroatoms. The zero-order chi connectivity index (χ0) is 46.7. The highest BCUT2D eigenvalue weighted by Crippen LogP contribution is 2.15. The summed E-state index contributed by atoms with van der Waals surface area (Å²) in [5.74, 6) is -6.13. The molecule has 344 valence electrons. The number of carboxylic acids is 1. The summed E-state index contributed by atoms with van der Waals surface area (Å²) >= 11 is 0. The third-order valence-electron chi connectivity index (χ3n) is 10.8. The molecule has 10 atom stereocenters. The van der Waals surface area contributed by atoms with Crippen LogP contribution in [0.5, 0.6) is 5.75 Å². The Morgan fingerprint density at radius 3 is 1.73 bits per heavy atom. The van der Waals surface area contributed by atoms with Crippen molar-refractivity contribution >= 4 is 41.4 Å². The van der Waals surface area contributed by atoms with Gasteiger partial charge < -0.3 is 58.3 Å². The minimum atomic E-state index is -1.37. The summed E-state index contributed by atoms with van der Waals surface area (Å²) in [6.45, 7) is 12.8. The molecule has 0 aromatic heterocycles. The van der Waals surface area contributed by atoms with Gasteiger partial charge in [0, 0.05) is 12.6 Å². The van der Waals surface area contributed by atoms with E-state index < -0.39 is 108 Å². The Balaban J connectivity index is 2.34. The van der Waals surface area contributed by atoms with Crippen molar-refractivity contribution in [2.45, 2.75) is 129 Å². The van der Waals surface area contributed by atoms with Gasteiger partial charge >= 0.3 is 5.97 Å². The Kier molecular flexibility index (Phi) is 22.0. The summed E-state index contributed by atoms with van der Waals surface area (Å²) in [4.78, 5) is 91.7. The van der Waals surface area contributed by atoms with Crippen molar-refractivity contribution in [3.63, 3.8) is 0 Å². The second-order valence-electron chi connectivity index (χ2n) is 16.3. The predicted molar refractivity (Wildman–Crippen MR) is 233 cm³/mol. The van der Waals surface area contributed by atoms with Crippen molar-refractivity contribution in [3.8, 4) is 5.75 Å². The van der Waals surface area contributed by atoms with Gasteiger partial charge in [-0.25, -0.2) is 0 Å². The van der Waals surface area contributed by atoms with E-state index in [1.807, 2.05) is 44.2 Å². The normalized spacial score (nSPS) is 16.1. The first-order valence-corrected chi connectivity index (χ1v) is 21.2. The largest absolute Gasteiger partial charge is 0.508 e. The molecule has 0 unspecified atom stereocenters. The van der Waals surface area contributed by atoms with Crippen LogP contribution in [0.1, 0.15) is 79.4 Å². The molecular formula is C44H68N8O10. The van der Waals surface area contributed by atoms with Crippen LogP contribution in [-0.2, 0) is 46.4 Å². The van der Waals surface area contributed by atoms with Gasteiger partial charge in [-0.1, -0.05) is 96.8 Å². The molecule has 2 aromatic carbocycles. The van der Waals surface area contributed by atoms with Crippen LogP contribution >= 0.6 is 0 Å². The molecule has 62 heavy (non-hydrogen) atoms. The smallest absolute Gasteiger partial charge is 0.325 e. The molecule has 0 radical (unpaired) electrons. The molecule has 2 aromatic rings. The highest BCUT2D eigenvalue weighted by atomic mass is 16.4. The number of nitrogens with one attached hydrogen (secondary N) is 7. The Hall–Kier alpha value is -5.59. The van der Waals surface area contributed by atoms with Gasteiger partial charge in [-0.15, -0.1) is 0 Å². The lowest BCUT2D eigenvalue weighted by Gasteiger charge is -2.30. The number of phenolic OH excluding ortho intramolecular Hbond substituents is 1. The number of hydrogen-bond donors (Lipinski definition) is 11. The van der Waals surface area contributed by atoms with Gasteiger partial charge in [0.1, 0.15) is 29.9 Å². The van der Waals surface area contributed by atoms with Crippen molar-refractivity contribution in [2.75, 3.05) is 13.1 Å². The molecular weight excluding hydrogens is 801 g/mol. The predicted octanol–water partition coefficient (Wildman–Crippen LogP) is 0.237. The third-order valence-corrected chi connectivity index (χ3v) is 10.8. The van der Waals surface area contributed by atoms with Gasteiger partial charge in [-0.05, 0) is 67.7 Å². The van der Waals surface area contributed by atoms with Gasteiger partial charge in [0.2, 0.25) is 35.4 Å². The first-order valence-electron chi connectivity index (χ1n) is 21.2. The molecule has 0 heterocycles. The summed E-state index contributed by atoms with van der Waals surface area (Å²) in [5, 5.41) is 48.5. The second kappa shape index (κ2) is 26.0. The lowest BCUT2D eigenvalue weighted by molar-refractivity contribution is -0.142. The number of carbonyl (C=O) groups is 7. The van der Waals surface area contributed by atoms with Crippen LogP contribution in [0.15, 0.2) is 54.6 Å². The molecule has 2 rings (SSSR count). The van der Waals surface area contributed by atoms with Crippen LogP contribution in [0, 0.1) is 17.8 Å². The Morgan fingerprint density at radius 2 is 1.18 bits per heavy atom. The van der Waals surface area contributed by atoms with E-state index in [2.05, 4.69) is 37.2 Å². The van der Waals surface area contributed by atoms with E-state index in [-0.39, 0.29) is 24.6 Å². The summed E-state index contributed by atoms with van der Waals surface area (Å²) in [6, 6.07) is 8.15. The molecule has 0 aliphatic carbocycles. The average Bonchev–Trinajstić information content (AvgIpc) is 3.23. The summed E-state index contributed by atoms with van der Waals surface area (Å²) in [7, 11) is 0. The third kappa shape index (κ3) is 17.4. The fraction of sp³-hybridized carbons (Fsp3) is 0.568. The number of hydrogen-bond acceptors (Lipinski definition) is 11. The van der Waals surface area contributed by atoms with Crippen LogP contribution < -0.4 is 43.0 Å². The van der Waals surface area contributed by atoms with Crippen LogP contribution in [0.2, 0.25) is 0 Å². The quantitative estimate of drug-likeness (QED) is 0.0607. The van der Waals surface area contributed by atoms with Crippen LogP contribution in [0.4, 0.5) is 0 Å². The van der Waals surface area contributed by atoms with Gasteiger partial charge in [-0.2, -0.15) is 0 Å². The second-order valence-corrected chi connectivity index (χ2v) is 16.3. The lowest BCUT2D eigenvalue weighted by Crippen LogP contribution is -2.60. The highest BCUT2D eigenvalue weighted by molar-refractivity contribution is 5.95.